The van der Waals surface area contributed by atoms with E-state index in [2.05, 4.69) is 0 Å². The number of ether oxygens (including phenoxy) is 1. The first-order valence-electron chi connectivity index (χ1n) is 5.36. The second-order valence-electron chi connectivity index (χ2n) is 3.62. The molecule has 0 aromatic heterocycles. The molecule has 0 radical (unpaired) electrons. The predicted molar refractivity (Wildman–Crippen MR) is 61.1 cm³/mol. The number of ketones is 1. The molecule has 0 N–H and O–H groups in total. The van der Waals surface area contributed by atoms with E-state index >= 15 is 0 Å². The average Bonchev–Trinajstić information content (AvgIpc) is 2.27. The highest BCUT2D eigenvalue weighted by Crippen LogP contribution is 2.21. The highest BCUT2D eigenvalue weighted by Gasteiger charge is 2.23. The lowest BCUT2D eigenvalue weighted by atomic mass is 9.94. The highest BCUT2D eigenvalue weighted by atomic mass is 16.5. The fourth-order valence-corrected chi connectivity index (χ4v) is 1.55. The Morgan fingerprint density at radius 2 is 1.88 bits per heavy atom. The fourth-order valence-electron chi connectivity index (χ4n) is 1.55. The van der Waals surface area contributed by atoms with Gasteiger partial charge in [-0.15, -0.1) is 0 Å². The molecule has 0 bridgehead atoms. The smallest absolute Gasteiger partial charge is 0.313 e. The van der Waals surface area contributed by atoms with E-state index in [1.165, 1.54) is 6.92 Å². The van der Waals surface area contributed by atoms with Crippen LogP contribution in [0.1, 0.15) is 31.7 Å². The molecule has 0 saturated carbocycles. The first kappa shape index (κ1) is 12.4. The van der Waals surface area contributed by atoms with Crippen LogP contribution < -0.4 is 0 Å². The Morgan fingerprint density at radius 1 is 1.25 bits per heavy atom. The molecular weight excluding hydrogens is 204 g/mol. The molecule has 0 fully saturated rings. The maximum Gasteiger partial charge on any atom is 0.313 e. The van der Waals surface area contributed by atoms with Gasteiger partial charge in [0.15, 0.2) is 0 Å². The first-order chi connectivity index (χ1) is 7.65. The summed E-state index contributed by atoms with van der Waals surface area (Å²) in [6, 6.07) is 9.25. The first-order valence-corrected chi connectivity index (χ1v) is 5.36. The summed E-state index contributed by atoms with van der Waals surface area (Å²) in [7, 11) is 0. The van der Waals surface area contributed by atoms with Gasteiger partial charge in [-0.05, 0) is 19.4 Å². The minimum Gasteiger partial charge on any atom is -0.466 e. The van der Waals surface area contributed by atoms with Gasteiger partial charge in [0.1, 0.15) is 5.78 Å². The summed E-state index contributed by atoms with van der Waals surface area (Å²) in [6.07, 6.45) is 0.197. The van der Waals surface area contributed by atoms with Crippen molar-refractivity contribution in [1.82, 2.24) is 0 Å². The van der Waals surface area contributed by atoms with Gasteiger partial charge in [0.05, 0.1) is 12.5 Å². The summed E-state index contributed by atoms with van der Waals surface area (Å²) >= 11 is 0. The lowest BCUT2D eigenvalue weighted by Crippen LogP contribution is -2.18. The largest absolute Gasteiger partial charge is 0.466 e. The van der Waals surface area contributed by atoms with Gasteiger partial charge in [-0.3, -0.25) is 9.59 Å². The monoisotopic (exact) mass is 220 g/mol. The van der Waals surface area contributed by atoms with Crippen LogP contribution in [0, 0.1) is 0 Å². The quantitative estimate of drug-likeness (QED) is 0.715. The fraction of sp³-hybridized carbons (Fsp3) is 0.385. The number of rotatable bonds is 5. The van der Waals surface area contributed by atoms with Gasteiger partial charge in [0.25, 0.3) is 0 Å². The van der Waals surface area contributed by atoms with Gasteiger partial charge < -0.3 is 4.74 Å². The highest BCUT2D eigenvalue weighted by molar-refractivity contribution is 5.86. The Labute approximate surface area is 95.4 Å². The van der Waals surface area contributed by atoms with E-state index in [1.54, 1.807) is 6.92 Å². The molecule has 0 aliphatic rings. The molecule has 0 aliphatic heterocycles. The molecule has 0 saturated heterocycles. The molecule has 1 aromatic carbocycles. The molecule has 0 heterocycles. The lowest BCUT2D eigenvalue weighted by molar-refractivity contribution is -0.146. The van der Waals surface area contributed by atoms with Gasteiger partial charge in [-0.25, -0.2) is 0 Å². The normalized spacial score (nSPS) is 11.9. The van der Waals surface area contributed by atoms with Crippen LogP contribution in [-0.2, 0) is 14.3 Å². The van der Waals surface area contributed by atoms with E-state index in [-0.39, 0.29) is 18.2 Å². The molecule has 0 spiro atoms. The Hall–Kier alpha value is -1.64. The zero-order valence-corrected chi connectivity index (χ0v) is 9.60. The third-order valence-corrected chi connectivity index (χ3v) is 2.26. The van der Waals surface area contributed by atoms with E-state index in [4.69, 9.17) is 4.74 Å². The van der Waals surface area contributed by atoms with Crippen LogP contribution in [0.4, 0.5) is 0 Å². The predicted octanol–water partition coefficient (Wildman–Crippen LogP) is 2.31. The SMILES string of the molecule is CCOC(=O)C(CC(C)=O)c1ccccc1. The third-order valence-electron chi connectivity index (χ3n) is 2.26. The third kappa shape index (κ3) is 3.50. The van der Waals surface area contributed by atoms with Gasteiger partial charge >= 0.3 is 5.97 Å². The zero-order chi connectivity index (χ0) is 12.0. The van der Waals surface area contributed by atoms with Crippen LogP contribution in [0.25, 0.3) is 0 Å². The van der Waals surface area contributed by atoms with Crippen LogP contribution in [-0.4, -0.2) is 18.4 Å². The summed E-state index contributed by atoms with van der Waals surface area (Å²) < 4.78 is 4.97. The number of Topliss-reactive ketones (excluding diaryl/α,β-unsaturated/α-hetero) is 1. The van der Waals surface area contributed by atoms with Gasteiger partial charge in [-0.2, -0.15) is 0 Å². The van der Waals surface area contributed by atoms with Crippen molar-refractivity contribution in [1.29, 1.82) is 0 Å². The Morgan fingerprint density at radius 3 is 2.38 bits per heavy atom. The Balaban J connectivity index is 2.87. The average molecular weight is 220 g/mol. The summed E-state index contributed by atoms with van der Waals surface area (Å²) in [5.41, 5.74) is 0.830. The van der Waals surface area contributed by atoms with Crippen LogP contribution >= 0.6 is 0 Å². The molecule has 3 heteroatoms. The van der Waals surface area contributed by atoms with Crippen LogP contribution in [0.3, 0.4) is 0 Å². The second kappa shape index (κ2) is 6.05. The van der Waals surface area contributed by atoms with Crippen molar-refractivity contribution >= 4 is 11.8 Å². The van der Waals surface area contributed by atoms with Crippen molar-refractivity contribution in [2.75, 3.05) is 6.61 Å². The molecule has 0 aliphatic carbocycles. The van der Waals surface area contributed by atoms with Crippen molar-refractivity contribution in [2.24, 2.45) is 0 Å². The molecule has 1 rings (SSSR count). The zero-order valence-electron chi connectivity index (χ0n) is 9.60. The maximum absolute atomic E-state index is 11.7. The number of carbonyl (C=O) groups is 2. The lowest BCUT2D eigenvalue weighted by Gasteiger charge is -2.14. The molecule has 3 nitrogen and oxygen atoms in total. The van der Waals surface area contributed by atoms with Gasteiger partial charge in [-0.1, -0.05) is 30.3 Å². The van der Waals surface area contributed by atoms with Crippen molar-refractivity contribution < 1.29 is 14.3 Å². The Bertz CT molecular complexity index is 357. The topological polar surface area (TPSA) is 43.4 Å². The molecule has 86 valence electrons. The molecule has 1 unspecified atom stereocenters. The molecule has 1 atom stereocenters. The van der Waals surface area contributed by atoms with E-state index in [9.17, 15) is 9.59 Å². The number of carbonyl (C=O) groups excluding carboxylic acids is 2. The van der Waals surface area contributed by atoms with Gasteiger partial charge in [0.2, 0.25) is 0 Å². The van der Waals surface area contributed by atoms with E-state index in [1.807, 2.05) is 30.3 Å². The summed E-state index contributed by atoms with van der Waals surface area (Å²) in [6.45, 7) is 3.57. The standard InChI is InChI=1S/C13H16O3/c1-3-16-13(15)12(9-10(2)14)11-7-5-4-6-8-11/h4-8,12H,3,9H2,1-2H3. The molecular formula is C13H16O3. The summed E-state index contributed by atoms with van der Waals surface area (Å²) in [4.78, 5) is 22.8. The molecule has 1 aromatic rings. The van der Waals surface area contributed by atoms with E-state index in [0.717, 1.165) is 5.56 Å². The number of benzene rings is 1. The molecule has 16 heavy (non-hydrogen) atoms. The van der Waals surface area contributed by atoms with E-state index < -0.39 is 5.92 Å². The van der Waals surface area contributed by atoms with Crippen LogP contribution in [0.15, 0.2) is 30.3 Å². The minimum absolute atomic E-state index is 0.0121. The van der Waals surface area contributed by atoms with Crippen molar-refractivity contribution in [3.05, 3.63) is 35.9 Å². The van der Waals surface area contributed by atoms with Crippen molar-refractivity contribution in [2.45, 2.75) is 26.2 Å². The number of hydrogen-bond donors (Lipinski definition) is 0. The van der Waals surface area contributed by atoms with E-state index in [0.29, 0.717) is 6.61 Å². The number of esters is 1. The Kier molecular flexibility index (Phi) is 4.70. The maximum atomic E-state index is 11.7. The van der Waals surface area contributed by atoms with Crippen molar-refractivity contribution in [3.8, 4) is 0 Å². The second-order valence-corrected chi connectivity index (χ2v) is 3.62. The minimum atomic E-state index is -0.473. The van der Waals surface area contributed by atoms with Crippen LogP contribution in [0.5, 0.6) is 0 Å². The summed E-state index contributed by atoms with van der Waals surface area (Å²) in [5.74, 6) is -0.815. The van der Waals surface area contributed by atoms with Crippen LogP contribution in [0.2, 0.25) is 0 Å². The summed E-state index contributed by atoms with van der Waals surface area (Å²) in [5, 5.41) is 0. The van der Waals surface area contributed by atoms with Gasteiger partial charge in [0, 0.05) is 6.42 Å². The number of hydrogen-bond acceptors (Lipinski definition) is 3. The van der Waals surface area contributed by atoms with Crippen molar-refractivity contribution in [3.63, 3.8) is 0 Å². The molecule has 0 amide bonds.